The Hall–Kier alpha value is -2.70. The van der Waals surface area contributed by atoms with Crippen LogP contribution in [0.1, 0.15) is 30.4 Å². The van der Waals surface area contributed by atoms with Gasteiger partial charge >= 0.3 is 5.97 Å². The molecule has 2 saturated carbocycles. The van der Waals surface area contributed by atoms with E-state index in [9.17, 15) is 19.2 Å². The summed E-state index contributed by atoms with van der Waals surface area (Å²) in [7, 11) is 0. The van der Waals surface area contributed by atoms with Crippen LogP contribution in [0.5, 0.6) is 0 Å². The number of amides is 3. The Morgan fingerprint density at radius 3 is 2.39 bits per heavy atom. The highest BCUT2D eigenvalue weighted by atomic mass is 16.5. The van der Waals surface area contributed by atoms with Crippen molar-refractivity contribution in [1.29, 1.82) is 0 Å². The Morgan fingerprint density at radius 2 is 1.75 bits per heavy atom. The zero-order valence-corrected chi connectivity index (χ0v) is 16.1. The van der Waals surface area contributed by atoms with E-state index in [0.29, 0.717) is 5.69 Å². The van der Waals surface area contributed by atoms with E-state index < -0.39 is 25.0 Å². The van der Waals surface area contributed by atoms with Crippen LogP contribution in [0.3, 0.4) is 0 Å². The highest BCUT2D eigenvalue weighted by Crippen LogP contribution is 2.56. The number of carbonyl (C=O) groups is 4. The van der Waals surface area contributed by atoms with Crippen LogP contribution in [0.15, 0.2) is 18.2 Å². The van der Waals surface area contributed by atoms with Crippen molar-refractivity contribution in [3.05, 3.63) is 29.3 Å². The fourth-order valence-corrected chi connectivity index (χ4v) is 5.02. The van der Waals surface area contributed by atoms with Crippen LogP contribution in [0.4, 0.5) is 5.69 Å². The molecule has 1 N–H and O–H groups in total. The molecule has 4 atom stereocenters. The van der Waals surface area contributed by atoms with Gasteiger partial charge in [-0.1, -0.05) is 12.1 Å². The van der Waals surface area contributed by atoms with Gasteiger partial charge in [0.2, 0.25) is 11.8 Å². The average Bonchev–Trinajstić information content (AvgIpc) is 3.34. The van der Waals surface area contributed by atoms with Crippen molar-refractivity contribution in [3.8, 4) is 0 Å². The molecular weight excluding hydrogens is 360 g/mol. The number of anilines is 1. The van der Waals surface area contributed by atoms with Gasteiger partial charge in [-0.2, -0.15) is 0 Å². The van der Waals surface area contributed by atoms with E-state index in [-0.39, 0.29) is 35.5 Å². The van der Waals surface area contributed by atoms with Crippen LogP contribution in [0.2, 0.25) is 0 Å². The zero-order valence-electron chi connectivity index (χ0n) is 16.1. The Balaban J connectivity index is 1.30. The largest absolute Gasteiger partial charge is 0.454 e. The minimum atomic E-state index is -0.745. The Kier molecular flexibility index (Phi) is 4.69. The topological polar surface area (TPSA) is 92.8 Å². The zero-order chi connectivity index (χ0) is 20.0. The molecule has 7 nitrogen and oxygen atoms in total. The molecule has 1 saturated heterocycles. The minimum absolute atomic E-state index is 0.251. The second kappa shape index (κ2) is 7.04. The summed E-state index contributed by atoms with van der Waals surface area (Å²) in [6, 6.07) is 5.55. The monoisotopic (exact) mass is 384 g/mol. The third-order valence-electron chi connectivity index (χ3n) is 6.55. The van der Waals surface area contributed by atoms with Crippen LogP contribution < -0.4 is 5.32 Å². The van der Waals surface area contributed by atoms with Crippen LogP contribution in [-0.4, -0.2) is 41.7 Å². The molecule has 1 aliphatic heterocycles. The highest BCUT2D eigenvalue weighted by molar-refractivity contribution is 6.08. The van der Waals surface area contributed by atoms with Crippen molar-refractivity contribution in [2.45, 2.75) is 33.1 Å². The number of ether oxygens (including phenoxy) is 1. The number of benzene rings is 1. The van der Waals surface area contributed by atoms with Gasteiger partial charge in [-0.15, -0.1) is 0 Å². The third-order valence-corrected chi connectivity index (χ3v) is 6.55. The number of hydrogen-bond donors (Lipinski definition) is 1. The number of fused-ring (bicyclic) bond motifs is 5. The molecule has 1 heterocycles. The summed E-state index contributed by atoms with van der Waals surface area (Å²) < 4.78 is 5.00. The van der Waals surface area contributed by atoms with Gasteiger partial charge in [-0.3, -0.25) is 24.1 Å². The SMILES string of the molecule is Cc1cccc(NC(=O)COC(=O)CN2C(=O)[C@H]3[C@@H]4CC[C@@H](C4)[C@@H]3C2=O)c1C. The average molecular weight is 384 g/mol. The van der Waals surface area contributed by atoms with Gasteiger partial charge in [0.1, 0.15) is 6.54 Å². The second-order valence-corrected chi connectivity index (χ2v) is 8.10. The number of esters is 1. The fourth-order valence-electron chi connectivity index (χ4n) is 5.02. The molecule has 3 aliphatic rings. The fraction of sp³-hybridized carbons (Fsp3) is 0.524. The lowest BCUT2D eigenvalue weighted by atomic mass is 9.81. The van der Waals surface area contributed by atoms with Crippen LogP contribution in [0, 0.1) is 37.5 Å². The summed E-state index contributed by atoms with van der Waals surface area (Å²) in [5.41, 5.74) is 2.64. The molecule has 7 heteroatoms. The van der Waals surface area contributed by atoms with Gasteiger partial charge in [0, 0.05) is 5.69 Å². The molecule has 1 aromatic carbocycles. The Bertz CT molecular complexity index is 836. The number of carbonyl (C=O) groups excluding carboxylic acids is 4. The molecule has 2 aliphatic carbocycles. The molecule has 4 rings (SSSR count). The molecular formula is C21H24N2O5. The molecule has 0 unspecified atom stereocenters. The van der Waals surface area contributed by atoms with Gasteiger partial charge < -0.3 is 10.1 Å². The van der Waals surface area contributed by atoms with Crippen LogP contribution in [0.25, 0.3) is 0 Å². The van der Waals surface area contributed by atoms with Gasteiger partial charge in [0.25, 0.3) is 5.91 Å². The maximum absolute atomic E-state index is 12.6. The molecule has 2 bridgehead atoms. The van der Waals surface area contributed by atoms with E-state index in [1.54, 1.807) is 6.07 Å². The first kappa shape index (κ1) is 18.7. The lowest BCUT2D eigenvalue weighted by Gasteiger charge is -2.19. The molecule has 148 valence electrons. The van der Waals surface area contributed by atoms with E-state index in [0.717, 1.165) is 35.3 Å². The first-order valence-electron chi connectivity index (χ1n) is 9.73. The quantitative estimate of drug-likeness (QED) is 0.617. The number of nitrogens with one attached hydrogen (secondary N) is 1. The number of nitrogens with zero attached hydrogens (tertiary/aromatic N) is 1. The summed E-state index contributed by atoms with van der Waals surface area (Å²) in [4.78, 5) is 50.4. The van der Waals surface area contributed by atoms with E-state index in [1.807, 2.05) is 26.0 Å². The predicted molar refractivity (Wildman–Crippen MR) is 100 cm³/mol. The lowest BCUT2D eigenvalue weighted by Crippen LogP contribution is -2.38. The van der Waals surface area contributed by atoms with Gasteiger partial charge in [0.15, 0.2) is 6.61 Å². The maximum atomic E-state index is 12.6. The van der Waals surface area contributed by atoms with Crippen molar-refractivity contribution >= 4 is 29.4 Å². The summed E-state index contributed by atoms with van der Waals surface area (Å²) in [6.07, 6.45) is 2.92. The first-order chi connectivity index (χ1) is 13.4. The number of imide groups is 1. The summed E-state index contributed by atoms with van der Waals surface area (Å²) >= 11 is 0. The Morgan fingerprint density at radius 1 is 1.11 bits per heavy atom. The van der Waals surface area contributed by atoms with E-state index >= 15 is 0 Å². The summed E-state index contributed by atoms with van der Waals surface area (Å²) in [6.45, 7) is 2.96. The number of hydrogen-bond acceptors (Lipinski definition) is 5. The number of aryl methyl sites for hydroxylation is 1. The van der Waals surface area contributed by atoms with Crippen molar-refractivity contribution in [3.63, 3.8) is 0 Å². The van der Waals surface area contributed by atoms with Gasteiger partial charge in [0.05, 0.1) is 11.8 Å². The molecule has 28 heavy (non-hydrogen) atoms. The highest BCUT2D eigenvalue weighted by Gasteiger charge is 2.61. The first-order valence-corrected chi connectivity index (χ1v) is 9.73. The lowest BCUT2D eigenvalue weighted by molar-refractivity contribution is -0.154. The third kappa shape index (κ3) is 3.08. The molecule has 0 aromatic heterocycles. The molecule has 3 fully saturated rings. The second-order valence-electron chi connectivity index (χ2n) is 8.10. The summed E-state index contributed by atoms with van der Waals surface area (Å²) in [5.74, 6) is -1.68. The van der Waals surface area contributed by atoms with Crippen molar-refractivity contribution in [2.24, 2.45) is 23.7 Å². The Labute approximate surface area is 163 Å². The molecule has 3 amide bonds. The van der Waals surface area contributed by atoms with Gasteiger partial charge in [-0.05, 0) is 62.1 Å². The molecule has 1 aromatic rings. The predicted octanol–water partition coefficient (Wildman–Crippen LogP) is 1.82. The number of likely N-dealkylation sites (tertiary alicyclic amines) is 1. The van der Waals surface area contributed by atoms with Gasteiger partial charge in [-0.25, -0.2) is 0 Å². The van der Waals surface area contributed by atoms with Crippen LogP contribution in [-0.2, 0) is 23.9 Å². The van der Waals surface area contributed by atoms with E-state index in [2.05, 4.69) is 5.32 Å². The van der Waals surface area contributed by atoms with E-state index in [1.165, 1.54) is 0 Å². The maximum Gasteiger partial charge on any atom is 0.326 e. The normalized spacial score (nSPS) is 27.9. The van der Waals surface area contributed by atoms with E-state index in [4.69, 9.17) is 4.74 Å². The van der Waals surface area contributed by atoms with Crippen molar-refractivity contribution < 1.29 is 23.9 Å². The summed E-state index contributed by atoms with van der Waals surface area (Å²) in [5, 5.41) is 2.71. The standard InChI is InChI=1S/C21H24N2O5/c1-11-4-3-5-15(12(11)2)22-16(24)10-28-17(25)9-23-20(26)18-13-6-7-14(8-13)19(18)21(23)27/h3-5,13-14,18-19H,6-10H2,1-2H3,(H,22,24)/t13-,14+,18-,19-/m0/s1. The smallest absolute Gasteiger partial charge is 0.326 e. The number of rotatable bonds is 5. The van der Waals surface area contributed by atoms with Crippen molar-refractivity contribution in [1.82, 2.24) is 4.90 Å². The van der Waals surface area contributed by atoms with Crippen molar-refractivity contribution in [2.75, 3.05) is 18.5 Å². The molecule has 0 radical (unpaired) electrons. The van der Waals surface area contributed by atoms with Crippen LogP contribution >= 0.6 is 0 Å². The minimum Gasteiger partial charge on any atom is -0.454 e. The molecule has 0 spiro atoms.